The average molecular weight is 397 g/mol. The lowest BCUT2D eigenvalue weighted by Crippen LogP contribution is -2.12. The molecule has 0 bridgehead atoms. The highest BCUT2D eigenvalue weighted by atomic mass is 32.1. The minimum absolute atomic E-state index is 0.259. The van der Waals surface area contributed by atoms with E-state index in [1.807, 2.05) is 24.4 Å². The van der Waals surface area contributed by atoms with Gasteiger partial charge in [-0.05, 0) is 49.6 Å². The van der Waals surface area contributed by atoms with Crippen LogP contribution in [0.15, 0.2) is 53.9 Å². The van der Waals surface area contributed by atoms with Gasteiger partial charge in [-0.1, -0.05) is 36.4 Å². The molecule has 0 aliphatic heterocycles. The molecule has 0 saturated carbocycles. The standard InChI is InChI=1S/C23H28N2O2S/c1-17(2)26-14-21-6-4-19(5-7-21)12-24-13-20-8-10-23(11-9-20)27-15-22-16-28-18(3)25-22/h4-11,16-17,24H,12-15H2,1-3H3. The van der Waals surface area contributed by atoms with Crippen molar-refractivity contribution in [3.8, 4) is 5.75 Å². The summed E-state index contributed by atoms with van der Waals surface area (Å²) in [5, 5.41) is 6.59. The number of hydrogen-bond donors (Lipinski definition) is 1. The predicted molar refractivity (Wildman–Crippen MR) is 115 cm³/mol. The molecule has 0 aliphatic carbocycles. The van der Waals surface area contributed by atoms with E-state index in [1.54, 1.807) is 11.3 Å². The quantitative estimate of drug-likeness (QED) is 0.509. The summed E-state index contributed by atoms with van der Waals surface area (Å²) in [5.41, 5.74) is 4.70. The van der Waals surface area contributed by atoms with Gasteiger partial charge < -0.3 is 14.8 Å². The third-order valence-corrected chi connectivity index (χ3v) is 5.06. The molecular weight excluding hydrogens is 368 g/mol. The van der Waals surface area contributed by atoms with Crippen molar-refractivity contribution in [1.29, 1.82) is 0 Å². The maximum absolute atomic E-state index is 5.79. The molecule has 1 heterocycles. The first-order valence-corrected chi connectivity index (χ1v) is 10.5. The third kappa shape index (κ3) is 6.75. The normalized spacial score (nSPS) is 11.1. The van der Waals surface area contributed by atoms with Crippen molar-refractivity contribution in [3.05, 3.63) is 81.3 Å². The molecule has 3 aromatic rings. The molecule has 1 N–H and O–H groups in total. The first kappa shape index (κ1) is 20.5. The summed E-state index contributed by atoms with van der Waals surface area (Å²) >= 11 is 1.65. The van der Waals surface area contributed by atoms with E-state index in [1.165, 1.54) is 16.7 Å². The minimum Gasteiger partial charge on any atom is -0.487 e. The molecule has 4 nitrogen and oxygen atoms in total. The van der Waals surface area contributed by atoms with Crippen molar-refractivity contribution >= 4 is 11.3 Å². The summed E-state index contributed by atoms with van der Waals surface area (Å²) < 4.78 is 11.4. The maximum Gasteiger partial charge on any atom is 0.131 e. The van der Waals surface area contributed by atoms with Crippen molar-refractivity contribution in [2.24, 2.45) is 0 Å². The second kappa shape index (κ2) is 10.4. The third-order valence-electron chi connectivity index (χ3n) is 4.24. The zero-order valence-electron chi connectivity index (χ0n) is 16.8. The Morgan fingerprint density at radius 2 is 1.50 bits per heavy atom. The fourth-order valence-electron chi connectivity index (χ4n) is 2.70. The van der Waals surface area contributed by atoms with Gasteiger partial charge in [0, 0.05) is 18.5 Å². The number of thiazole rings is 1. The number of aromatic nitrogens is 1. The Morgan fingerprint density at radius 3 is 2.07 bits per heavy atom. The fourth-order valence-corrected chi connectivity index (χ4v) is 3.30. The highest BCUT2D eigenvalue weighted by molar-refractivity contribution is 7.09. The van der Waals surface area contributed by atoms with Crippen LogP contribution in [-0.4, -0.2) is 11.1 Å². The second-order valence-electron chi connectivity index (χ2n) is 7.07. The number of aryl methyl sites for hydroxylation is 1. The summed E-state index contributed by atoms with van der Waals surface area (Å²) in [7, 11) is 0. The highest BCUT2D eigenvalue weighted by Gasteiger charge is 2.01. The first-order valence-electron chi connectivity index (χ1n) is 9.61. The lowest BCUT2D eigenvalue weighted by molar-refractivity contribution is 0.0657. The van der Waals surface area contributed by atoms with Crippen LogP contribution in [0.25, 0.3) is 0 Å². The van der Waals surface area contributed by atoms with Crippen LogP contribution in [0.5, 0.6) is 5.75 Å². The van der Waals surface area contributed by atoms with Crippen LogP contribution in [0, 0.1) is 6.92 Å². The van der Waals surface area contributed by atoms with Gasteiger partial charge in [-0.2, -0.15) is 0 Å². The van der Waals surface area contributed by atoms with Crippen LogP contribution in [0.1, 0.15) is 41.2 Å². The van der Waals surface area contributed by atoms with Crippen molar-refractivity contribution in [2.75, 3.05) is 0 Å². The van der Waals surface area contributed by atoms with E-state index in [0.717, 1.165) is 29.5 Å². The summed E-state index contributed by atoms with van der Waals surface area (Å²) in [6.07, 6.45) is 0.259. The number of hydrogen-bond acceptors (Lipinski definition) is 5. The molecular formula is C23H28N2O2S. The van der Waals surface area contributed by atoms with Crippen LogP contribution in [0.4, 0.5) is 0 Å². The molecule has 0 amide bonds. The fraction of sp³-hybridized carbons (Fsp3) is 0.348. The van der Waals surface area contributed by atoms with Gasteiger partial charge >= 0.3 is 0 Å². The minimum atomic E-state index is 0.259. The van der Waals surface area contributed by atoms with Gasteiger partial charge in [0.2, 0.25) is 0 Å². The first-order chi connectivity index (χ1) is 13.6. The Hall–Kier alpha value is -2.21. The van der Waals surface area contributed by atoms with E-state index in [2.05, 4.69) is 60.5 Å². The van der Waals surface area contributed by atoms with E-state index in [9.17, 15) is 0 Å². The van der Waals surface area contributed by atoms with E-state index in [0.29, 0.717) is 13.2 Å². The molecule has 28 heavy (non-hydrogen) atoms. The summed E-state index contributed by atoms with van der Waals surface area (Å²) in [6, 6.07) is 16.8. The monoisotopic (exact) mass is 396 g/mol. The zero-order valence-corrected chi connectivity index (χ0v) is 17.6. The van der Waals surface area contributed by atoms with Crippen molar-refractivity contribution in [2.45, 2.75) is 53.2 Å². The molecule has 0 aliphatic rings. The smallest absolute Gasteiger partial charge is 0.131 e. The van der Waals surface area contributed by atoms with E-state index in [4.69, 9.17) is 9.47 Å². The average Bonchev–Trinajstić information content (AvgIpc) is 3.12. The Kier molecular flexibility index (Phi) is 7.60. The highest BCUT2D eigenvalue weighted by Crippen LogP contribution is 2.16. The van der Waals surface area contributed by atoms with Gasteiger partial charge in [0.05, 0.1) is 23.4 Å². The van der Waals surface area contributed by atoms with Gasteiger partial charge in [-0.15, -0.1) is 11.3 Å². The Balaban J connectivity index is 1.39. The topological polar surface area (TPSA) is 43.4 Å². The zero-order chi connectivity index (χ0) is 19.8. The molecule has 5 heteroatoms. The number of rotatable bonds is 10. The molecule has 2 aromatic carbocycles. The predicted octanol–water partition coefficient (Wildman–Crippen LogP) is 5.25. The molecule has 0 saturated heterocycles. The summed E-state index contributed by atoms with van der Waals surface area (Å²) in [5.74, 6) is 0.869. The molecule has 0 spiro atoms. The van der Waals surface area contributed by atoms with E-state index >= 15 is 0 Å². The van der Waals surface area contributed by atoms with E-state index in [-0.39, 0.29) is 6.10 Å². The molecule has 0 unspecified atom stereocenters. The van der Waals surface area contributed by atoms with Gasteiger partial charge in [-0.25, -0.2) is 4.98 Å². The van der Waals surface area contributed by atoms with Gasteiger partial charge in [0.1, 0.15) is 12.4 Å². The molecule has 0 atom stereocenters. The Morgan fingerprint density at radius 1 is 0.893 bits per heavy atom. The second-order valence-corrected chi connectivity index (χ2v) is 8.13. The number of benzene rings is 2. The van der Waals surface area contributed by atoms with E-state index < -0.39 is 0 Å². The SMILES string of the molecule is Cc1nc(COc2ccc(CNCc3ccc(COC(C)C)cc3)cc2)cs1. The van der Waals surface area contributed by atoms with Crippen molar-refractivity contribution < 1.29 is 9.47 Å². The lowest BCUT2D eigenvalue weighted by Gasteiger charge is -2.09. The van der Waals surface area contributed by atoms with Crippen molar-refractivity contribution in [1.82, 2.24) is 10.3 Å². The van der Waals surface area contributed by atoms with Crippen LogP contribution in [0.2, 0.25) is 0 Å². The summed E-state index contributed by atoms with van der Waals surface area (Å²) in [4.78, 5) is 4.41. The van der Waals surface area contributed by atoms with Crippen LogP contribution < -0.4 is 10.1 Å². The van der Waals surface area contributed by atoms with Gasteiger partial charge in [-0.3, -0.25) is 0 Å². The summed E-state index contributed by atoms with van der Waals surface area (Å²) in [6.45, 7) is 8.96. The molecule has 0 fully saturated rings. The van der Waals surface area contributed by atoms with Gasteiger partial charge in [0.25, 0.3) is 0 Å². The maximum atomic E-state index is 5.79. The van der Waals surface area contributed by atoms with Crippen LogP contribution in [-0.2, 0) is 31.0 Å². The largest absolute Gasteiger partial charge is 0.487 e. The molecule has 1 aromatic heterocycles. The molecule has 0 radical (unpaired) electrons. The van der Waals surface area contributed by atoms with Crippen molar-refractivity contribution in [3.63, 3.8) is 0 Å². The molecule has 3 rings (SSSR count). The van der Waals surface area contributed by atoms with Crippen LogP contribution in [0.3, 0.4) is 0 Å². The Bertz CT molecular complexity index is 842. The van der Waals surface area contributed by atoms with Gasteiger partial charge in [0.15, 0.2) is 0 Å². The number of ether oxygens (including phenoxy) is 2. The molecule has 148 valence electrons. The number of nitrogens with zero attached hydrogens (tertiary/aromatic N) is 1. The Labute approximate surface area is 171 Å². The lowest BCUT2D eigenvalue weighted by atomic mass is 10.1. The van der Waals surface area contributed by atoms with Crippen LogP contribution >= 0.6 is 11.3 Å². The number of nitrogens with one attached hydrogen (secondary N) is 1.